The van der Waals surface area contributed by atoms with Gasteiger partial charge in [0.25, 0.3) is 0 Å². The van der Waals surface area contributed by atoms with E-state index < -0.39 is 11.9 Å². The molecule has 1 atom stereocenters. The zero-order valence-electron chi connectivity index (χ0n) is 16.4. The van der Waals surface area contributed by atoms with Gasteiger partial charge in [0.2, 0.25) is 5.91 Å². The van der Waals surface area contributed by atoms with Gasteiger partial charge in [0.05, 0.1) is 32.6 Å². The second-order valence-corrected chi connectivity index (χ2v) is 6.71. The number of carbonyl (C=O) groups excluding carboxylic acids is 2. The molecule has 0 saturated carbocycles. The molecule has 0 spiro atoms. The molecule has 0 aliphatic carbocycles. The number of anilines is 1. The number of ether oxygens (including phenoxy) is 4. The maximum absolute atomic E-state index is 13.1. The van der Waals surface area contributed by atoms with Crippen LogP contribution in [0.15, 0.2) is 53.7 Å². The van der Waals surface area contributed by atoms with Gasteiger partial charge in [0.15, 0.2) is 11.5 Å². The highest BCUT2D eigenvalue weighted by Crippen LogP contribution is 2.47. The van der Waals surface area contributed by atoms with Crippen molar-refractivity contribution >= 4 is 17.6 Å². The molecule has 0 N–H and O–H groups in total. The second kappa shape index (κ2) is 7.50. The Labute approximate surface area is 168 Å². The average Bonchev–Trinajstić information content (AvgIpc) is 3.14. The summed E-state index contributed by atoms with van der Waals surface area (Å²) in [5, 5.41) is 0. The summed E-state index contributed by atoms with van der Waals surface area (Å²) >= 11 is 0. The van der Waals surface area contributed by atoms with Crippen molar-refractivity contribution in [3.63, 3.8) is 0 Å². The summed E-state index contributed by atoms with van der Waals surface area (Å²) in [6.07, 6.45) is 0.106. The Kier molecular flexibility index (Phi) is 4.88. The number of methoxy groups -OCH3 is 3. The van der Waals surface area contributed by atoms with E-state index in [9.17, 15) is 9.59 Å². The maximum Gasteiger partial charge on any atom is 0.336 e. The van der Waals surface area contributed by atoms with Gasteiger partial charge in [-0.1, -0.05) is 18.2 Å². The quantitative estimate of drug-likeness (QED) is 0.725. The first-order valence-corrected chi connectivity index (χ1v) is 9.17. The van der Waals surface area contributed by atoms with Crippen molar-refractivity contribution in [2.45, 2.75) is 12.3 Å². The van der Waals surface area contributed by atoms with Crippen LogP contribution in [0.4, 0.5) is 5.69 Å². The maximum atomic E-state index is 13.1. The summed E-state index contributed by atoms with van der Waals surface area (Å²) in [5.41, 5.74) is 2.43. The molecule has 7 heteroatoms. The van der Waals surface area contributed by atoms with Crippen molar-refractivity contribution in [3.8, 4) is 17.2 Å². The van der Waals surface area contributed by atoms with Crippen LogP contribution in [0.5, 0.6) is 17.2 Å². The standard InChI is InChI=1S/C22H21NO6/c1-26-17-11-19(28-3)18(27-2)9-14(17)15-10-20(24)23(13-7-5-4-6-8-13)16-12-29-22(25)21(15)16/h4-9,11,15H,10,12H2,1-3H3/t15-/m0/s1. The molecule has 2 aromatic carbocycles. The molecule has 0 radical (unpaired) electrons. The number of esters is 1. The van der Waals surface area contributed by atoms with Crippen LogP contribution in [0, 0.1) is 0 Å². The van der Waals surface area contributed by atoms with Crippen LogP contribution >= 0.6 is 0 Å². The molecular formula is C22H21NO6. The van der Waals surface area contributed by atoms with E-state index in [0.717, 1.165) is 0 Å². The van der Waals surface area contributed by atoms with Gasteiger partial charge in [-0.2, -0.15) is 0 Å². The third-order valence-electron chi connectivity index (χ3n) is 5.24. The van der Waals surface area contributed by atoms with E-state index in [2.05, 4.69) is 0 Å². The fourth-order valence-electron chi connectivity index (χ4n) is 3.92. The Morgan fingerprint density at radius 2 is 1.59 bits per heavy atom. The molecule has 7 nitrogen and oxygen atoms in total. The van der Waals surface area contributed by atoms with Gasteiger partial charge in [0.1, 0.15) is 12.4 Å². The molecule has 2 heterocycles. The lowest BCUT2D eigenvalue weighted by Crippen LogP contribution is -2.37. The van der Waals surface area contributed by atoms with Crippen LogP contribution in [0.25, 0.3) is 0 Å². The van der Waals surface area contributed by atoms with Gasteiger partial charge < -0.3 is 18.9 Å². The average molecular weight is 395 g/mol. The minimum absolute atomic E-state index is 0.0565. The van der Waals surface area contributed by atoms with Crippen LogP contribution in [-0.2, 0) is 14.3 Å². The molecule has 0 bridgehead atoms. The normalized spacial score (nSPS) is 18.4. The van der Waals surface area contributed by atoms with E-state index in [1.165, 1.54) is 21.3 Å². The Bertz CT molecular complexity index is 998. The number of carbonyl (C=O) groups is 2. The largest absolute Gasteiger partial charge is 0.496 e. The van der Waals surface area contributed by atoms with Gasteiger partial charge in [0, 0.05) is 29.7 Å². The van der Waals surface area contributed by atoms with Crippen molar-refractivity contribution in [2.75, 3.05) is 32.8 Å². The molecule has 2 aliphatic rings. The highest BCUT2D eigenvalue weighted by Gasteiger charge is 2.44. The summed E-state index contributed by atoms with van der Waals surface area (Å²) in [6, 6.07) is 12.7. The number of amides is 1. The van der Waals surface area contributed by atoms with E-state index in [1.807, 2.05) is 30.3 Å². The number of hydrogen-bond acceptors (Lipinski definition) is 6. The number of rotatable bonds is 5. The highest BCUT2D eigenvalue weighted by molar-refractivity contribution is 6.06. The fraction of sp³-hybridized carbons (Fsp3) is 0.273. The first-order chi connectivity index (χ1) is 14.1. The van der Waals surface area contributed by atoms with Crippen molar-refractivity contribution in [2.24, 2.45) is 0 Å². The molecule has 0 fully saturated rings. The molecular weight excluding hydrogens is 374 g/mol. The molecule has 0 aromatic heterocycles. The van der Waals surface area contributed by atoms with E-state index >= 15 is 0 Å². The Hall–Kier alpha value is -3.48. The zero-order chi connectivity index (χ0) is 20.5. The van der Waals surface area contributed by atoms with Gasteiger partial charge in [-0.05, 0) is 18.2 Å². The molecule has 4 rings (SSSR count). The summed E-state index contributed by atoms with van der Waals surface area (Å²) in [6.45, 7) is 0.0565. The Morgan fingerprint density at radius 3 is 2.24 bits per heavy atom. The van der Waals surface area contributed by atoms with Crippen molar-refractivity contribution in [1.29, 1.82) is 0 Å². The minimum atomic E-state index is -0.498. The first kappa shape index (κ1) is 18.9. The number of benzene rings is 2. The van der Waals surface area contributed by atoms with E-state index in [1.54, 1.807) is 17.0 Å². The number of cyclic esters (lactones) is 1. The van der Waals surface area contributed by atoms with E-state index in [4.69, 9.17) is 18.9 Å². The summed E-state index contributed by atoms with van der Waals surface area (Å²) in [4.78, 5) is 27.3. The molecule has 0 saturated heterocycles. The fourth-order valence-corrected chi connectivity index (χ4v) is 3.92. The highest BCUT2D eigenvalue weighted by atomic mass is 16.5. The lowest BCUT2D eigenvalue weighted by atomic mass is 9.83. The van der Waals surface area contributed by atoms with Crippen LogP contribution in [-0.4, -0.2) is 39.8 Å². The smallest absolute Gasteiger partial charge is 0.336 e. The lowest BCUT2D eigenvalue weighted by Gasteiger charge is -2.32. The molecule has 0 unspecified atom stereocenters. The summed E-state index contributed by atoms with van der Waals surface area (Å²) in [7, 11) is 4.60. The second-order valence-electron chi connectivity index (χ2n) is 6.71. The first-order valence-electron chi connectivity index (χ1n) is 9.17. The van der Waals surface area contributed by atoms with E-state index in [0.29, 0.717) is 39.8 Å². The van der Waals surface area contributed by atoms with Crippen molar-refractivity contribution in [1.82, 2.24) is 0 Å². The summed E-state index contributed by atoms with van der Waals surface area (Å²) in [5.74, 6) is 0.479. The predicted octanol–water partition coefficient (Wildman–Crippen LogP) is 3.04. The van der Waals surface area contributed by atoms with Gasteiger partial charge in [-0.15, -0.1) is 0 Å². The predicted molar refractivity (Wildman–Crippen MR) is 105 cm³/mol. The molecule has 2 aromatic rings. The van der Waals surface area contributed by atoms with Crippen molar-refractivity contribution in [3.05, 3.63) is 59.3 Å². The van der Waals surface area contributed by atoms with Crippen LogP contribution in [0.2, 0.25) is 0 Å². The van der Waals surface area contributed by atoms with Crippen molar-refractivity contribution < 1.29 is 28.5 Å². The number of para-hydroxylation sites is 1. The molecule has 1 amide bonds. The number of nitrogens with zero attached hydrogens (tertiary/aromatic N) is 1. The topological polar surface area (TPSA) is 74.3 Å². The summed E-state index contributed by atoms with van der Waals surface area (Å²) < 4.78 is 21.6. The van der Waals surface area contributed by atoms with Gasteiger partial charge in [-0.3, -0.25) is 9.69 Å². The Morgan fingerprint density at radius 1 is 0.931 bits per heavy atom. The molecule has 29 heavy (non-hydrogen) atoms. The van der Waals surface area contributed by atoms with Crippen LogP contribution in [0.1, 0.15) is 17.9 Å². The lowest BCUT2D eigenvalue weighted by molar-refractivity contribution is -0.136. The third kappa shape index (κ3) is 3.08. The Balaban J connectivity index is 1.87. The SMILES string of the molecule is COc1cc(OC)c([C@@H]2CC(=O)N(c3ccccc3)C3=C2C(=O)OC3)cc1OC. The zero-order valence-corrected chi connectivity index (χ0v) is 16.4. The minimum Gasteiger partial charge on any atom is -0.496 e. The van der Waals surface area contributed by atoms with E-state index in [-0.39, 0.29) is 18.9 Å². The monoisotopic (exact) mass is 395 g/mol. The van der Waals surface area contributed by atoms with Gasteiger partial charge in [-0.25, -0.2) is 4.79 Å². The van der Waals surface area contributed by atoms with Gasteiger partial charge >= 0.3 is 5.97 Å². The van der Waals surface area contributed by atoms with Crippen LogP contribution < -0.4 is 19.1 Å². The third-order valence-corrected chi connectivity index (χ3v) is 5.24. The molecule has 2 aliphatic heterocycles. The molecule has 150 valence electrons. The van der Waals surface area contributed by atoms with Crippen LogP contribution in [0.3, 0.4) is 0 Å². The number of hydrogen-bond donors (Lipinski definition) is 0.